The maximum absolute atomic E-state index is 5.42. The van der Waals surface area contributed by atoms with E-state index in [4.69, 9.17) is 15.0 Å². The van der Waals surface area contributed by atoms with Gasteiger partial charge in [-0.1, -0.05) is 188 Å². The number of anilines is 3. The number of benzene rings is 10. The number of hydrogen-bond donors (Lipinski definition) is 0. The van der Waals surface area contributed by atoms with E-state index in [0.29, 0.717) is 17.6 Å². The van der Waals surface area contributed by atoms with E-state index in [1.807, 2.05) is 30.6 Å². The van der Waals surface area contributed by atoms with Crippen LogP contribution in [0.3, 0.4) is 0 Å². The average molecular weight is 919 g/mol. The molecule has 15 rings (SSSR count). The van der Waals surface area contributed by atoms with Crippen LogP contribution >= 0.6 is 0 Å². The van der Waals surface area contributed by atoms with Crippen molar-refractivity contribution in [3.63, 3.8) is 0 Å². The lowest BCUT2D eigenvalue weighted by molar-refractivity contribution is 0.694. The van der Waals surface area contributed by atoms with Crippen molar-refractivity contribution in [1.82, 2.24) is 24.5 Å². The third-order valence-electron chi connectivity index (χ3n) is 15.2. The first-order valence-corrected chi connectivity index (χ1v) is 24.6. The highest BCUT2D eigenvalue weighted by Crippen LogP contribution is 2.61. The Kier molecular flexibility index (Phi) is 8.83. The molecule has 336 valence electrons. The Labute approximate surface area is 415 Å². The highest BCUT2D eigenvalue weighted by molar-refractivity contribution is 6.10. The van der Waals surface area contributed by atoms with Crippen LogP contribution < -0.4 is 4.90 Å². The predicted molar refractivity (Wildman–Crippen MR) is 293 cm³/mol. The molecule has 2 aliphatic rings. The zero-order chi connectivity index (χ0) is 47.3. The lowest BCUT2D eigenvalue weighted by Gasteiger charge is -2.49. The molecule has 4 heterocycles. The zero-order valence-corrected chi connectivity index (χ0v) is 39.0. The van der Waals surface area contributed by atoms with Crippen LogP contribution in [0.5, 0.6) is 0 Å². The molecule has 0 saturated carbocycles. The molecule has 0 N–H and O–H groups in total. The smallest absolute Gasteiger partial charge is 0.238 e. The third kappa shape index (κ3) is 5.90. The monoisotopic (exact) mass is 918 g/mol. The van der Waals surface area contributed by atoms with Gasteiger partial charge in [0.15, 0.2) is 11.6 Å². The van der Waals surface area contributed by atoms with Gasteiger partial charge in [-0.25, -0.2) is 4.98 Å². The molecule has 0 amide bonds. The molecule has 0 unspecified atom stereocenters. The SMILES string of the molecule is c1ccc(-c2nc(-c3cccc4ccccc34)nc(-n3c4ccccc4c4cc5c(cc43)Cc3ccccc3C53c4ccccc4N(c4cccc(-c5cncc6ccccc56)c4)c4ccccc43)n2)cc1. The maximum Gasteiger partial charge on any atom is 0.238 e. The normalized spacial score (nSPS) is 13.3. The summed E-state index contributed by atoms with van der Waals surface area (Å²) in [5, 5.41) is 6.82. The fourth-order valence-electron chi connectivity index (χ4n) is 12.1. The molecule has 6 heteroatoms. The van der Waals surface area contributed by atoms with Gasteiger partial charge >= 0.3 is 0 Å². The van der Waals surface area contributed by atoms with Crippen molar-refractivity contribution in [2.75, 3.05) is 4.90 Å². The summed E-state index contributed by atoms with van der Waals surface area (Å²) in [6.45, 7) is 0. The molecular formula is C66H42N6. The van der Waals surface area contributed by atoms with E-state index in [0.717, 1.165) is 83.7 Å². The van der Waals surface area contributed by atoms with Gasteiger partial charge in [0, 0.05) is 50.9 Å². The summed E-state index contributed by atoms with van der Waals surface area (Å²) in [5.74, 6) is 1.83. The molecule has 3 aromatic heterocycles. The number of pyridine rings is 1. The summed E-state index contributed by atoms with van der Waals surface area (Å²) >= 11 is 0. The summed E-state index contributed by atoms with van der Waals surface area (Å²) in [6.07, 6.45) is 4.71. The molecule has 0 fully saturated rings. The first-order chi connectivity index (χ1) is 35.7. The Morgan fingerprint density at radius 2 is 1.00 bits per heavy atom. The first kappa shape index (κ1) is 40.4. The van der Waals surface area contributed by atoms with E-state index in [-0.39, 0.29) is 0 Å². The number of rotatable bonds is 5. The van der Waals surface area contributed by atoms with Crippen LogP contribution in [0.2, 0.25) is 0 Å². The highest BCUT2D eigenvalue weighted by atomic mass is 15.2. The summed E-state index contributed by atoms with van der Waals surface area (Å²) in [6, 6.07) is 83.4. The lowest BCUT2D eigenvalue weighted by Crippen LogP contribution is -2.41. The summed E-state index contributed by atoms with van der Waals surface area (Å²) < 4.78 is 2.27. The van der Waals surface area contributed by atoms with Gasteiger partial charge in [-0.15, -0.1) is 0 Å². The highest BCUT2D eigenvalue weighted by Gasteiger charge is 2.50. The standard InChI is InChI=1S/C66H42N6/c1-2-19-43(20-3-1)63-68-64(52-29-17-23-42-18-4-7-26-49(42)52)70-65(69-63)72-59-33-13-9-28-51(59)53-39-58-47(38-62(53)72)36-45-21-6-10-30-55(45)66(58)56-31-11-14-34-60(56)71(61-35-15-12-32-57(61)66)48-25-16-24-44(37-48)54-41-67-40-46-22-5-8-27-50(46)54/h1-35,37-41H,36H2. The van der Waals surface area contributed by atoms with Crippen LogP contribution in [0.25, 0.3) is 83.2 Å². The molecule has 0 radical (unpaired) electrons. The fourth-order valence-corrected chi connectivity index (χ4v) is 12.1. The van der Waals surface area contributed by atoms with Crippen molar-refractivity contribution in [1.29, 1.82) is 0 Å². The number of hydrogen-bond acceptors (Lipinski definition) is 5. The van der Waals surface area contributed by atoms with Gasteiger partial charge in [0.2, 0.25) is 5.95 Å². The molecule has 6 nitrogen and oxygen atoms in total. The zero-order valence-electron chi connectivity index (χ0n) is 39.0. The Morgan fingerprint density at radius 1 is 0.375 bits per heavy atom. The van der Waals surface area contributed by atoms with Gasteiger partial charge in [0.05, 0.1) is 27.8 Å². The van der Waals surface area contributed by atoms with Crippen LogP contribution in [-0.4, -0.2) is 24.5 Å². The minimum atomic E-state index is -0.655. The first-order valence-electron chi connectivity index (χ1n) is 24.6. The van der Waals surface area contributed by atoms with Crippen LogP contribution in [0.1, 0.15) is 33.4 Å². The van der Waals surface area contributed by atoms with Gasteiger partial charge in [0.25, 0.3) is 0 Å². The topological polar surface area (TPSA) is 59.7 Å². The lowest BCUT2D eigenvalue weighted by atomic mass is 9.57. The Hall–Kier alpha value is -9.52. The molecule has 0 atom stereocenters. The second kappa shape index (κ2) is 15.8. The molecule has 0 bridgehead atoms. The largest absolute Gasteiger partial charge is 0.310 e. The molecule has 72 heavy (non-hydrogen) atoms. The third-order valence-corrected chi connectivity index (χ3v) is 15.2. The van der Waals surface area contributed by atoms with Gasteiger partial charge in [-0.2, -0.15) is 9.97 Å². The molecular weight excluding hydrogens is 877 g/mol. The molecule has 1 aliphatic heterocycles. The van der Waals surface area contributed by atoms with Crippen molar-refractivity contribution >= 4 is 60.4 Å². The van der Waals surface area contributed by atoms with Crippen LogP contribution in [0, 0.1) is 0 Å². The number of para-hydroxylation sites is 3. The molecule has 13 aromatic rings. The molecule has 1 aliphatic carbocycles. The van der Waals surface area contributed by atoms with Gasteiger partial charge in [-0.3, -0.25) is 9.55 Å². The van der Waals surface area contributed by atoms with Crippen LogP contribution in [0.4, 0.5) is 17.1 Å². The van der Waals surface area contributed by atoms with Crippen LogP contribution in [-0.2, 0) is 11.8 Å². The summed E-state index contributed by atoms with van der Waals surface area (Å²) in [7, 11) is 0. The maximum atomic E-state index is 5.42. The Bertz CT molecular complexity index is 4290. The van der Waals surface area contributed by atoms with Gasteiger partial charge < -0.3 is 4.90 Å². The average Bonchev–Trinajstić information content (AvgIpc) is 3.77. The van der Waals surface area contributed by atoms with E-state index in [2.05, 4.69) is 227 Å². The van der Waals surface area contributed by atoms with Gasteiger partial charge in [-0.05, 0) is 104 Å². The Balaban J connectivity index is 0.983. The fraction of sp³-hybridized carbons (Fsp3) is 0.0303. The summed E-state index contributed by atoms with van der Waals surface area (Å²) in [4.78, 5) is 23.1. The number of fused-ring (bicyclic) bond motifs is 13. The van der Waals surface area contributed by atoms with E-state index >= 15 is 0 Å². The number of aromatic nitrogens is 5. The second-order valence-electron chi connectivity index (χ2n) is 19.0. The van der Waals surface area contributed by atoms with Crippen molar-refractivity contribution in [2.45, 2.75) is 11.8 Å². The van der Waals surface area contributed by atoms with Gasteiger partial charge in [0.1, 0.15) is 0 Å². The van der Waals surface area contributed by atoms with E-state index in [1.165, 1.54) is 38.8 Å². The van der Waals surface area contributed by atoms with Crippen molar-refractivity contribution < 1.29 is 0 Å². The quantitative estimate of drug-likeness (QED) is 0.172. The number of nitrogens with zero attached hydrogens (tertiary/aromatic N) is 6. The second-order valence-corrected chi connectivity index (χ2v) is 19.0. The predicted octanol–water partition coefficient (Wildman–Crippen LogP) is 15.7. The Morgan fingerprint density at radius 3 is 1.82 bits per heavy atom. The van der Waals surface area contributed by atoms with E-state index in [9.17, 15) is 0 Å². The van der Waals surface area contributed by atoms with Crippen molar-refractivity contribution in [2.24, 2.45) is 0 Å². The van der Waals surface area contributed by atoms with Crippen molar-refractivity contribution in [3.8, 4) is 39.9 Å². The summed E-state index contributed by atoms with van der Waals surface area (Å²) in [5.41, 5.74) is 16.6. The molecule has 10 aromatic carbocycles. The van der Waals surface area contributed by atoms with E-state index < -0.39 is 5.41 Å². The van der Waals surface area contributed by atoms with Crippen LogP contribution in [0.15, 0.2) is 243 Å². The minimum absolute atomic E-state index is 0.578. The molecule has 0 saturated heterocycles. The van der Waals surface area contributed by atoms with Crippen molar-refractivity contribution in [3.05, 3.63) is 276 Å². The molecule has 1 spiro atoms. The van der Waals surface area contributed by atoms with E-state index in [1.54, 1.807) is 0 Å². The minimum Gasteiger partial charge on any atom is -0.310 e.